The fraction of sp³-hybridized carbons (Fsp3) is 0.417. The van der Waals surface area contributed by atoms with Gasteiger partial charge in [-0.1, -0.05) is 0 Å². The standard InChI is InChI=1S/C12H16N2O/c1-13(2)12-7-14(8-12)11-5-3-10(9-15)4-6-11/h3-6,9,12H,7-8H2,1-2H3. The number of rotatable bonds is 3. The van der Waals surface area contributed by atoms with E-state index in [1.165, 1.54) is 5.69 Å². The Morgan fingerprint density at radius 2 is 1.87 bits per heavy atom. The van der Waals surface area contributed by atoms with Crippen molar-refractivity contribution in [2.75, 3.05) is 32.1 Å². The van der Waals surface area contributed by atoms with E-state index in [1.54, 1.807) is 0 Å². The van der Waals surface area contributed by atoms with Crippen molar-refractivity contribution in [2.45, 2.75) is 6.04 Å². The minimum absolute atomic E-state index is 0.663. The molecular weight excluding hydrogens is 188 g/mol. The molecule has 1 aromatic carbocycles. The van der Waals surface area contributed by atoms with Crippen molar-refractivity contribution in [1.82, 2.24) is 4.90 Å². The van der Waals surface area contributed by atoms with E-state index >= 15 is 0 Å². The van der Waals surface area contributed by atoms with Gasteiger partial charge in [-0.25, -0.2) is 0 Å². The maximum atomic E-state index is 10.5. The van der Waals surface area contributed by atoms with E-state index in [2.05, 4.69) is 23.9 Å². The Hall–Kier alpha value is -1.35. The SMILES string of the molecule is CN(C)C1CN(c2ccc(C=O)cc2)C1. The van der Waals surface area contributed by atoms with Crippen LogP contribution in [-0.4, -0.2) is 44.4 Å². The molecule has 15 heavy (non-hydrogen) atoms. The van der Waals surface area contributed by atoms with Crippen LogP contribution in [0.25, 0.3) is 0 Å². The van der Waals surface area contributed by atoms with E-state index in [9.17, 15) is 4.79 Å². The molecule has 1 aliphatic heterocycles. The second kappa shape index (κ2) is 4.03. The van der Waals surface area contributed by atoms with E-state index in [-0.39, 0.29) is 0 Å². The van der Waals surface area contributed by atoms with Crippen molar-refractivity contribution in [3.8, 4) is 0 Å². The van der Waals surface area contributed by atoms with Crippen LogP contribution in [0, 0.1) is 0 Å². The average Bonchev–Trinajstić information content (AvgIpc) is 2.16. The molecule has 3 heteroatoms. The maximum Gasteiger partial charge on any atom is 0.150 e. The predicted octanol–water partition coefficient (Wildman–Crippen LogP) is 1.25. The second-order valence-electron chi connectivity index (χ2n) is 4.23. The third kappa shape index (κ3) is 2.02. The lowest BCUT2D eigenvalue weighted by Gasteiger charge is -2.44. The Morgan fingerprint density at radius 3 is 2.33 bits per heavy atom. The Labute approximate surface area is 90.3 Å². The highest BCUT2D eigenvalue weighted by Gasteiger charge is 2.27. The first-order valence-corrected chi connectivity index (χ1v) is 5.17. The predicted molar refractivity (Wildman–Crippen MR) is 61.5 cm³/mol. The van der Waals surface area contributed by atoms with Crippen molar-refractivity contribution in [1.29, 1.82) is 0 Å². The van der Waals surface area contributed by atoms with E-state index in [4.69, 9.17) is 0 Å². The molecule has 1 fully saturated rings. The lowest BCUT2D eigenvalue weighted by Crippen LogP contribution is -2.57. The molecule has 1 aromatic rings. The summed E-state index contributed by atoms with van der Waals surface area (Å²) >= 11 is 0. The summed E-state index contributed by atoms with van der Waals surface area (Å²) in [4.78, 5) is 15.1. The van der Waals surface area contributed by atoms with Crippen molar-refractivity contribution in [2.24, 2.45) is 0 Å². The molecule has 0 aromatic heterocycles. The molecule has 0 bridgehead atoms. The first-order chi connectivity index (χ1) is 7.20. The van der Waals surface area contributed by atoms with Gasteiger partial charge in [0.25, 0.3) is 0 Å². The number of hydrogen-bond acceptors (Lipinski definition) is 3. The lowest BCUT2D eigenvalue weighted by atomic mass is 10.1. The molecule has 1 aliphatic rings. The van der Waals surface area contributed by atoms with Crippen molar-refractivity contribution in [3.05, 3.63) is 29.8 Å². The second-order valence-corrected chi connectivity index (χ2v) is 4.23. The van der Waals surface area contributed by atoms with Gasteiger partial charge in [0.15, 0.2) is 0 Å². The van der Waals surface area contributed by atoms with Crippen LogP contribution < -0.4 is 4.90 Å². The highest BCUT2D eigenvalue weighted by molar-refractivity contribution is 5.75. The zero-order valence-electron chi connectivity index (χ0n) is 9.18. The number of aldehydes is 1. The normalized spacial score (nSPS) is 16.6. The monoisotopic (exact) mass is 204 g/mol. The summed E-state index contributed by atoms with van der Waals surface area (Å²) in [7, 11) is 4.22. The summed E-state index contributed by atoms with van der Waals surface area (Å²) in [5.41, 5.74) is 1.95. The van der Waals surface area contributed by atoms with Gasteiger partial charge in [-0.3, -0.25) is 4.79 Å². The van der Waals surface area contributed by atoms with Gasteiger partial charge in [-0.15, -0.1) is 0 Å². The molecule has 80 valence electrons. The maximum absolute atomic E-state index is 10.5. The number of carbonyl (C=O) groups is 1. The summed E-state index contributed by atoms with van der Waals surface area (Å²) in [5.74, 6) is 0. The molecule has 0 atom stereocenters. The summed E-state index contributed by atoms with van der Waals surface area (Å²) in [6, 6.07) is 8.41. The largest absolute Gasteiger partial charge is 0.368 e. The minimum Gasteiger partial charge on any atom is -0.368 e. The quantitative estimate of drug-likeness (QED) is 0.692. The molecule has 0 amide bonds. The first-order valence-electron chi connectivity index (χ1n) is 5.17. The molecule has 0 aliphatic carbocycles. The number of anilines is 1. The third-order valence-electron chi connectivity index (χ3n) is 2.99. The number of hydrogen-bond donors (Lipinski definition) is 0. The molecule has 3 nitrogen and oxygen atoms in total. The molecule has 0 saturated carbocycles. The molecular formula is C12H16N2O. The molecule has 1 saturated heterocycles. The van der Waals surface area contributed by atoms with E-state index in [0.29, 0.717) is 6.04 Å². The van der Waals surface area contributed by atoms with Gasteiger partial charge in [-0.2, -0.15) is 0 Å². The van der Waals surface area contributed by atoms with Gasteiger partial charge < -0.3 is 9.80 Å². The van der Waals surface area contributed by atoms with Crippen molar-refractivity contribution >= 4 is 12.0 Å². The number of likely N-dealkylation sites (N-methyl/N-ethyl adjacent to an activating group) is 1. The van der Waals surface area contributed by atoms with Crippen LogP contribution in [0.15, 0.2) is 24.3 Å². The van der Waals surface area contributed by atoms with Crippen LogP contribution in [0.4, 0.5) is 5.69 Å². The summed E-state index contributed by atoms with van der Waals surface area (Å²) in [5, 5.41) is 0. The minimum atomic E-state index is 0.663. The molecule has 0 unspecified atom stereocenters. The van der Waals surface area contributed by atoms with E-state index < -0.39 is 0 Å². The Balaban J connectivity index is 1.98. The molecule has 0 spiro atoms. The summed E-state index contributed by atoms with van der Waals surface area (Å²) in [6.45, 7) is 2.15. The highest BCUT2D eigenvalue weighted by Crippen LogP contribution is 2.22. The smallest absolute Gasteiger partial charge is 0.150 e. The van der Waals surface area contributed by atoms with Crippen molar-refractivity contribution < 1.29 is 4.79 Å². The van der Waals surface area contributed by atoms with Gasteiger partial charge in [-0.05, 0) is 38.4 Å². The van der Waals surface area contributed by atoms with Crippen LogP contribution in [0.1, 0.15) is 10.4 Å². The van der Waals surface area contributed by atoms with Gasteiger partial charge in [0.2, 0.25) is 0 Å². The van der Waals surface area contributed by atoms with Crippen molar-refractivity contribution in [3.63, 3.8) is 0 Å². The van der Waals surface area contributed by atoms with Gasteiger partial charge in [0, 0.05) is 30.4 Å². The fourth-order valence-corrected chi connectivity index (χ4v) is 1.76. The highest BCUT2D eigenvalue weighted by atomic mass is 16.1. The lowest BCUT2D eigenvalue weighted by molar-refractivity contribution is 0.112. The Morgan fingerprint density at radius 1 is 1.27 bits per heavy atom. The summed E-state index contributed by atoms with van der Waals surface area (Å²) in [6.07, 6.45) is 0.877. The third-order valence-corrected chi connectivity index (χ3v) is 2.99. The molecule has 0 N–H and O–H groups in total. The van der Waals surface area contributed by atoms with Gasteiger partial charge in [0.1, 0.15) is 6.29 Å². The molecule has 1 heterocycles. The van der Waals surface area contributed by atoms with Crippen LogP contribution in [0.3, 0.4) is 0 Å². The van der Waals surface area contributed by atoms with E-state index in [1.807, 2.05) is 24.3 Å². The van der Waals surface area contributed by atoms with Crippen LogP contribution in [0.2, 0.25) is 0 Å². The fourth-order valence-electron chi connectivity index (χ4n) is 1.76. The van der Waals surface area contributed by atoms with Gasteiger partial charge in [0.05, 0.1) is 0 Å². The number of benzene rings is 1. The zero-order chi connectivity index (χ0) is 10.8. The topological polar surface area (TPSA) is 23.6 Å². The Bertz CT molecular complexity index is 339. The van der Waals surface area contributed by atoms with Crippen LogP contribution in [0.5, 0.6) is 0 Å². The van der Waals surface area contributed by atoms with E-state index in [0.717, 1.165) is 24.9 Å². The number of carbonyl (C=O) groups excluding carboxylic acids is 1. The average molecular weight is 204 g/mol. The molecule has 0 radical (unpaired) electrons. The first kappa shape index (κ1) is 10.2. The van der Waals surface area contributed by atoms with Crippen LogP contribution >= 0.6 is 0 Å². The summed E-state index contributed by atoms with van der Waals surface area (Å²) < 4.78 is 0. The Kier molecular flexibility index (Phi) is 2.73. The van der Waals surface area contributed by atoms with Gasteiger partial charge >= 0.3 is 0 Å². The number of nitrogens with zero attached hydrogens (tertiary/aromatic N) is 2. The van der Waals surface area contributed by atoms with Crippen LogP contribution in [-0.2, 0) is 0 Å². The molecule has 2 rings (SSSR count). The zero-order valence-corrected chi connectivity index (χ0v) is 9.18.